The molecule has 3 heteroatoms. The smallest absolute Gasteiger partial charge is 0.236 e. The number of carbonyl (C=O) groups is 1. The number of thioether (sulfide) groups is 1. The molecule has 3 rings (SSSR count). The first-order chi connectivity index (χ1) is 9.75. The molecule has 0 bridgehead atoms. The highest BCUT2D eigenvalue weighted by Crippen LogP contribution is 2.43. The van der Waals surface area contributed by atoms with Gasteiger partial charge in [0.05, 0.1) is 5.25 Å². The van der Waals surface area contributed by atoms with Crippen LogP contribution < -0.4 is 0 Å². The van der Waals surface area contributed by atoms with Crippen LogP contribution in [0.4, 0.5) is 0 Å². The lowest BCUT2D eigenvalue weighted by Gasteiger charge is -2.24. The highest BCUT2D eigenvalue weighted by atomic mass is 32.2. The van der Waals surface area contributed by atoms with E-state index in [2.05, 4.69) is 24.3 Å². The van der Waals surface area contributed by atoms with E-state index >= 15 is 0 Å². The number of rotatable bonds is 3. The van der Waals surface area contributed by atoms with Crippen LogP contribution in [-0.2, 0) is 11.3 Å². The number of amides is 1. The number of nitrogens with zero attached hydrogens (tertiary/aromatic N) is 1. The summed E-state index contributed by atoms with van der Waals surface area (Å²) in [5.74, 6) is 0.229. The molecule has 0 radical (unpaired) electrons. The van der Waals surface area contributed by atoms with Gasteiger partial charge in [-0.15, -0.1) is 11.8 Å². The summed E-state index contributed by atoms with van der Waals surface area (Å²) in [5.41, 5.74) is 2.38. The lowest BCUT2D eigenvalue weighted by Crippen LogP contribution is -2.29. The molecule has 0 saturated carbocycles. The first-order valence-electron chi connectivity index (χ1n) is 6.80. The summed E-state index contributed by atoms with van der Waals surface area (Å²) in [6, 6.07) is 20.5. The Morgan fingerprint density at radius 1 is 1.00 bits per heavy atom. The van der Waals surface area contributed by atoms with Crippen molar-refractivity contribution in [3.05, 3.63) is 71.8 Å². The van der Waals surface area contributed by atoms with Crippen molar-refractivity contribution < 1.29 is 4.79 Å². The van der Waals surface area contributed by atoms with Crippen molar-refractivity contribution in [1.82, 2.24) is 4.90 Å². The Bertz CT molecular complexity index is 584. The zero-order valence-corrected chi connectivity index (χ0v) is 12.2. The van der Waals surface area contributed by atoms with Crippen LogP contribution in [0.5, 0.6) is 0 Å². The van der Waals surface area contributed by atoms with Crippen LogP contribution in [0, 0.1) is 0 Å². The number of hydrogen-bond donors (Lipinski definition) is 0. The van der Waals surface area contributed by atoms with E-state index in [0.717, 1.165) is 0 Å². The van der Waals surface area contributed by atoms with Crippen molar-refractivity contribution in [2.24, 2.45) is 0 Å². The molecule has 2 aromatic carbocycles. The molecule has 2 atom stereocenters. The zero-order valence-electron chi connectivity index (χ0n) is 11.4. The molecule has 1 aliphatic heterocycles. The normalized spacial score (nSPS) is 22.2. The van der Waals surface area contributed by atoms with E-state index in [1.54, 1.807) is 11.8 Å². The van der Waals surface area contributed by atoms with Crippen LogP contribution in [0.15, 0.2) is 60.7 Å². The summed E-state index contributed by atoms with van der Waals surface area (Å²) in [6.45, 7) is 2.67. The Kier molecular flexibility index (Phi) is 3.79. The molecule has 1 heterocycles. The highest BCUT2D eigenvalue weighted by Gasteiger charge is 2.38. The van der Waals surface area contributed by atoms with Crippen LogP contribution in [0.1, 0.15) is 23.4 Å². The molecule has 0 aliphatic carbocycles. The predicted molar refractivity (Wildman–Crippen MR) is 83.2 cm³/mol. The molecular formula is C17H17NOS. The molecule has 1 aliphatic rings. The van der Waals surface area contributed by atoms with Gasteiger partial charge in [-0.25, -0.2) is 0 Å². The fourth-order valence-corrected chi connectivity index (χ4v) is 3.77. The second-order valence-corrected chi connectivity index (χ2v) is 6.42. The Morgan fingerprint density at radius 3 is 2.25 bits per heavy atom. The number of benzene rings is 2. The lowest BCUT2D eigenvalue weighted by atomic mass is 10.1. The van der Waals surface area contributed by atoms with Gasteiger partial charge in [0.25, 0.3) is 0 Å². The summed E-state index contributed by atoms with van der Waals surface area (Å²) < 4.78 is 0. The topological polar surface area (TPSA) is 20.3 Å². The van der Waals surface area contributed by atoms with Crippen LogP contribution in [-0.4, -0.2) is 16.1 Å². The Balaban J connectivity index is 1.87. The molecule has 0 N–H and O–H groups in total. The summed E-state index contributed by atoms with van der Waals surface area (Å²) >= 11 is 1.73. The first kappa shape index (κ1) is 13.3. The highest BCUT2D eigenvalue weighted by molar-refractivity contribution is 8.01. The van der Waals surface area contributed by atoms with Gasteiger partial charge in [-0.2, -0.15) is 0 Å². The third-order valence-corrected chi connectivity index (χ3v) is 4.92. The van der Waals surface area contributed by atoms with E-state index < -0.39 is 0 Å². The standard InChI is InChI=1S/C17H17NOS/c1-13-16(19)18(12-14-8-4-2-5-9-14)17(20-13)15-10-6-3-7-11-15/h2-11,13,17H,12H2,1H3/t13-,17+/m0/s1. The summed E-state index contributed by atoms with van der Waals surface area (Å²) in [4.78, 5) is 14.4. The summed E-state index contributed by atoms with van der Waals surface area (Å²) in [7, 11) is 0. The first-order valence-corrected chi connectivity index (χ1v) is 7.75. The van der Waals surface area contributed by atoms with Crippen molar-refractivity contribution >= 4 is 17.7 Å². The van der Waals surface area contributed by atoms with Crippen molar-refractivity contribution in [2.45, 2.75) is 24.1 Å². The quantitative estimate of drug-likeness (QED) is 0.853. The third kappa shape index (κ3) is 2.59. The average Bonchev–Trinajstić information content (AvgIpc) is 2.78. The Labute approximate surface area is 123 Å². The van der Waals surface area contributed by atoms with E-state index in [-0.39, 0.29) is 16.5 Å². The molecule has 2 aromatic rings. The van der Waals surface area contributed by atoms with Gasteiger partial charge in [0, 0.05) is 6.54 Å². The van der Waals surface area contributed by atoms with E-state index in [0.29, 0.717) is 6.54 Å². The van der Waals surface area contributed by atoms with E-state index in [1.165, 1.54) is 11.1 Å². The van der Waals surface area contributed by atoms with Gasteiger partial charge in [0.15, 0.2) is 0 Å². The van der Waals surface area contributed by atoms with Gasteiger partial charge in [-0.05, 0) is 18.1 Å². The molecule has 20 heavy (non-hydrogen) atoms. The summed E-state index contributed by atoms with van der Waals surface area (Å²) in [6.07, 6.45) is 0. The SMILES string of the molecule is C[C@@H]1S[C@H](c2ccccc2)N(Cc2ccccc2)C1=O. The van der Waals surface area contributed by atoms with Gasteiger partial charge in [0.1, 0.15) is 5.37 Å². The number of carbonyl (C=O) groups excluding carboxylic acids is 1. The third-order valence-electron chi connectivity index (χ3n) is 3.53. The zero-order chi connectivity index (χ0) is 13.9. The monoisotopic (exact) mass is 283 g/mol. The largest absolute Gasteiger partial charge is 0.321 e. The molecular weight excluding hydrogens is 266 g/mol. The van der Waals surface area contributed by atoms with Crippen molar-refractivity contribution in [3.63, 3.8) is 0 Å². The van der Waals surface area contributed by atoms with Crippen LogP contribution >= 0.6 is 11.8 Å². The maximum atomic E-state index is 12.4. The molecule has 1 saturated heterocycles. The van der Waals surface area contributed by atoms with Gasteiger partial charge in [0.2, 0.25) is 5.91 Å². The maximum Gasteiger partial charge on any atom is 0.236 e. The molecule has 102 valence electrons. The van der Waals surface area contributed by atoms with E-state index in [9.17, 15) is 4.79 Å². The van der Waals surface area contributed by atoms with Gasteiger partial charge < -0.3 is 4.90 Å². The van der Waals surface area contributed by atoms with E-state index in [4.69, 9.17) is 0 Å². The van der Waals surface area contributed by atoms with Gasteiger partial charge in [-0.3, -0.25) is 4.79 Å². The average molecular weight is 283 g/mol. The Morgan fingerprint density at radius 2 is 1.60 bits per heavy atom. The van der Waals surface area contributed by atoms with Crippen molar-refractivity contribution in [1.29, 1.82) is 0 Å². The number of hydrogen-bond acceptors (Lipinski definition) is 2. The van der Waals surface area contributed by atoms with Crippen LogP contribution in [0.3, 0.4) is 0 Å². The van der Waals surface area contributed by atoms with Crippen LogP contribution in [0.25, 0.3) is 0 Å². The van der Waals surface area contributed by atoms with Gasteiger partial charge in [-0.1, -0.05) is 60.7 Å². The van der Waals surface area contributed by atoms with Gasteiger partial charge >= 0.3 is 0 Å². The minimum atomic E-state index is 0.0314. The van der Waals surface area contributed by atoms with Crippen LogP contribution in [0.2, 0.25) is 0 Å². The van der Waals surface area contributed by atoms with Crippen molar-refractivity contribution in [2.75, 3.05) is 0 Å². The molecule has 0 unspecified atom stereocenters. The lowest BCUT2D eigenvalue weighted by molar-refractivity contribution is -0.130. The minimum Gasteiger partial charge on any atom is -0.321 e. The molecule has 0 aromatic heterocycles. The second kappa shape index (κ2) is 5.71. The summed E-state index contributed by atoms with van der Waals surface area (Å²) in [5, 5.41) is 0.155. The predicted octanol–water partition coefficient (Wildman–Crippen LogP) is 3.85. The fraction of sp³-hybridized carbons (Fsp3) is 0.235. The molecule has 2 nitrogen and oxygen atoms in total. The minimum absolute atomic E-state index is 0.0314. The molecule has 1 fully saturated rings. The van der Waals surface area contributed by atoms with Crippen molar-refractivity contribution in [3.8, 4) is 0 Å². The molecule has 1 amide bonds. The Hall–Kier alpha value is -1.74. The second-order valence-electron chi connectivity index (χ2n) is 4.99. The maximum absolute atomic E-state index is 12.4. The fourth-order valence-electron chi connectivity index (χ4n) is 2.49. The molecule has 0 spiro atoms. The van der Waals surface area contributed by atoms with E-state index in [1.807, 2.05) is 48.2 Å².